The molecule has 1 saturated heterocycles. The van der Waals surface area contributed by atoms with Crippen LogP contribution >= 0.6 is 0 Å². The highest BCUT2D eigenvalue weighted by atomic mass is 16.4. The molecule has 2 fully saturated rings. The zero-order chi connectivity index (χ0) is 13.9. The number of carboxylic acids is 1. The van der Waals surface area contributed by atoms with Crippen molar-refractivity contribution in [3.8, 4) is 0 Å². The van der Waals surface area contributed by atoms with E-state index < -0.39 is 11.5 Å². The lowest BCUT2D eigenvalue weighted by Crippen LogP contribution is -2.63. The monoisotopic (exact) mass is 270 g/mol. The zero-order valence-corrected chi connectivity index (χ0v) is 11.1. The number of piperidine rings is 1. The molecule has 1 atom stereocenters. The third kappa shape index (κ3) is 2.83. The average molecular weight is 270 g/mol. The summed E-state index contributed by atoms with van der Waals surface area (Å²) < 4.78 is 0. The molecular formula is C13H22N2O4. The number of hydrogen-bond acceptors (Lipinski definition) is 3. The minimum atomic E-state index is -1.06. The molecule has 1 unspecified atom stereocenters. The quantitative estimate of drug-likeness (QED) is 0.709. The predicted octanol–water partition coefficient (Wildman–Crippen LogP) is 0.940. The maximum absolute atomic E-state index is 12.3. The maximum atomic E-state index is 12.3. The van der Waals surface area contributed by atoms with E-state index in [9.17, 15) is 14.7 Å². The van der Waals surface area contributed by atoms with Crippen molar-refractivity contribution >= 4 is 12.0 Å². The lowest BCUT2D eigenvalue weighted by atomic mass is 9.77. The van der Waals surface area contributed by atoms with Gasteiger partial charge in [-0.3, -0.25) is 0 Å². The Labute approximate surface area is 112 Å². The molecule has 2 aliphatic rings. The van der Waals surface area contributed by atoms with Crippen molar-refractivity contribution in [3.63, 3.8) is 0 Å². The van der Waals surface area contributed by atoms with Gasteiger partial charge in [0.25, 0.3) is 0 Å². The minimum Gasteiger partial charge on any atom is -0.480 e. The van der Waals surface area contributed by atoms with Crippen molar-refractivity contribution < 1.29 is 19.8 Å². The SMILES string of the molecule is O=C(NC1(C(=O)O)CCC1)N1CCCCC1CCO. The normalized spacial score (nSPS) is 25.5. The minimum absolute atomic E-state index is 0.0321. The number of aliphatic hydroxyl groups is 1. The third-order valence-electron chi connectivity index (χ3n) is 4.31. The number of carboxylic acid groups (broad SMARTS) is 1. The van der Waals surface area contributed by atoms with Crippen molar-refractivity contribution in [2.45, 2.75) is 56.5 Å². The van der Waals surface area contributed by atoms with Crippen LogP contribution in [0.5, 0.6) is 0 Å². The Morgan fingerprint density at radius 3 is 2.53 bits per heavy atom. The largest absolute Gasteiger partial charge is 0.480 e. The van der Waals surface area contributed by atoms with E-state index in [4.69, 9.17) is 5.11 Å². The summed E-state index contributed by atoms with van der Waals surface area (Å²) in [5.41, 5.74) is -1.06. The van der Waals surface area contributed by atoms with Gasteiger partial charge in [0.2, 0.25) is 0 Å². The van der Waals surface area contributed by atoms with Gasteiger partial charge in [0.15, 0.2) is 0 Å². The number of urea groups is 1. The summed E-state index contributed by atoms with van der Waals surface area (Å²) in [6.07, 6.45) is 5.29. The fourth-order valence-corrected chi connectivity index (χ4v) is 2.92. The molecule has 1 heterocycles. The van der Waals surface area contributed by atoms with E-state index in [2.05, 4.69) is 5.32 Å². The summed E-state index contributed by atoms with van der Waals surface area (Å²) in [4.78, 5) is 25.2. The van der Waals surface area contributed by atoms with Crippen molar-refractivity contribution in [1.82, 2.24) is 10.2 Å². The van der Waals surface area contributed by atoms with Gasteiger partial charge >= 0.3 is 12.0 Å². The van der Waals surface area contributed by atoms with Crippen molar-refractivity contribution in [1.29, 1.82) is 0 Å². The fraction of sp³-hybridized carbons (Fsp3) is 0.846. The molecule has 0 bridgehead atoms. The Morgan fingerprint density at radius 2 is 2.00 bits per heavy atom. The van der Waals surface area contributed by atoms with Gasteiger partial charge in [-0.15, -0.1) is 0 Å². The van der Waals surface area contributed by atoms with Gasteiger partial charge in [0, 0.05) is 19.2 Å². The Hall–Kier alpha value is -1.30. The number of nitrogens with zero attached hydrogens (tertiary/aromatic N) is 1. The molecule has 1 aliphatic heterocycles. The molecule has 3 N–H and O–H groups in total. The number of likely N-dealkylation sites (tertiary alicyclic amines) is 1. The number of hydrogen-bond donors (Lipinski definition) is 3. The molecule has 0 aromatic heterocycles. The lowest BCUT2D eigenvalue weighted by Gasteiger charge is -2.42. The van der Waals surface area contributed by atoms with Gasteiger partial charge in [-0.05, 0) is 44.9 Å². The predicted molar refractivity (Wildman–Crippen MR) is 68.8 cm³/mol. The maximum Gasteiger partial charge on any atom is 0.329 e. The summed E-state index contributed by atoms with van der Waals surface area (Å²) in [7, 11) is 0. The molecule has 0 radical (unpaired) electrons. The van der Waals surface area contributed by atoms with Crippen LogP contribution in [-0.4, -0.2) is 51.8 Å². The first-order valence-electron chi connectivity index (χ1n) is 7.02. The Morgan fingerprint density at radius 1 is 1.26 bits per heavy atom. The molecule has 0 aromatic rings. The van der Waals surface area contributed by atoms with Crippen molar-refractivity contribution in [2.75, 3.05) is 13.2 Å². The molecule has 108 valence electrons. The van der Waals surface area contributed by atoms with Gasteiger partial charge in [-0.1, -0.05) is 0 Å². The van der Waals surface area contributed by atoms with E-state index in [0.717, 1.165) is 25.7 Å². The van der Waals surface area contributed by atoms with E-state index in [1.807, 2.05) is 0 Å². The molecule has 1 saturated carbocycles. The molecule has 1 aliphatic carbocycles. The second-order valence-electron chi connectivity index (χ2n) is 5.53. The van der Waals surface area contributed by atoms with Crippen LogP contribution in [0.15, 0.2) is 0 Å². The van der Waals surface area contributed by atoms with Crippen LogP contribution in [0.25, 0.3) is 0 Å². The first-order chi connectivity index (χ1) is 9.09. The van der Waals surface area contributed by atoms with Crippen molar-refractivity contribution in [2.24, 2.45) is 0 Å². The van der Waals surface area contributed by atoms with Gasteiger partial charge in [0.1, 0.15) is 5.54 Å². The summed E-state index contributed by atoms with van der Waals surface area (Å²) in [5, 5.41) is 21.0. The fourth-order valence-electron chi connectivity index (χ4n) is 2.92. The number of amides is 2. The third-order valence-corrected chi connectivity index (χ3v) is 4.31. The van der Waals surface area contributed by atoms with Crippen LogP contribution in [0.2, 0.25) is 0 Å². The van der Waals surface area contributed by atoms with Crippen LogP contribution in [0.4, 0.5) is 4.79 Å². The van der Waals surface area contributed by atoms with Gasteiger partial charge in [-0.25, -0.2) is 9.59 Å². The number of rotatable bonds is 4. The van der Waals surface area contributed by atoms with Gasteiger partial charge < -0.3 is 20.4 Å². The molecular weight excluding hydrogens is 248 g/mol. The Bertz CT molecular complexity index is 353. The number of nitrogens with one attached hydrogen (secondary N) is 1. The smallest absolute Gasteiger partial charge is 0.329 e. The molecule has 2 rings (SSSR count). The van der Waals surface area contributed by atoms with Gasteiger partial charge in [0.05, 0.1) is 0 Å². The number of aliphatic carboxylic acids is 1. The lowest BCUT2D eigenvalue weighted by molar-refractivity contribution is -0.148. The second kappa shape index (κ2) is 5.77. The molecule has 6 nitrogen and oxygen atoms in total. The van der Waals surface area contributed by atoms with E-state index in [-0.39, 0.29) is 18.7 Å². The highest BCUT2D eigenvalue weighted by Gasteiger charge is 2.46. The Balaban J connectivity index is 1.99. The molecule has 0 aromatic carbocycles. The Kier molecular flexibility index (Phi) is 4.29. The van der Waals surface area contributed by atoms with E-state index in [0.29, 0.717) is 25.8 Å². The molecule has 6 heteroatoms. The van der Waals surface area contributed by atoms with Crippen molar-refractivity contribution in [3.05, 3.63) is 0 Å². The highest BCUT2D eigenvalue weighted by Crippen LogP contribution is 2.32. The topological polar surface area (TPSA) is 89.9 Å². The van der Waals surface area contributed by atoms with Crippen LogP contribution in [0.3, 0.4) is 0 Å². The summed E-state index contributed by atoms with van der Waals surface area (Å²) in [6.45, 7) is 0.699. The highest BCUT2D eigenvalue weighted by molar-refractivity contribution is 5.87. The standard InChI is InChI=1S/C13H22N2O4/c16-9-5-10-4-1-2-8-15(10)12(19)14-13(11(17)18)6-3-7-13/h10,16H,1-9H2,(H,14,19)(H,17,18). The number of carbonyl (C=O) groups is 2. The molecule has 0 spiro atoms. The second-order valence-corrected chi connectivity index (χ2v) is 5.53. The average Bonchev–Trinajstić information content (AvgIpc) is 2.34. The van der Waals surface area contributed by atoms with Crippen LogP contribution < -0.4 is 5.32 Å². The van der Waals surface area contributed by atoms with Gasteiger partial charge in [-0.2, -0.15) is 0 Å². The van der Waals surface area contributed by atoms with Crippen LogP contribution in [0.1, 0.15) is 44.9 Å². The first kappa shape index (κ1) is 14.1. The van der Waals surface area contributed by atoms with E-state index in [1.54, 1.807) is 4.90 Å². The summed E-state index contributed by atoms with van der Waals surface area (Å²) >= 11 is 0. The van der Waals surface area contributed by atoms with E-state index in [1.165, 1.54) is 0 Å². The van der Waals surface area contributed by atoms with Crippen LogP contribution in [-0.2, 0) is 4.79 Å². The molecule has 19 heavy (non-hydrogen) atoms. The van der Waals surface area contributed by atoms with Crippen LogP contribution in [0, 0.1) is 0 Å². The zero-order valence-electron chi connectivity index (χ0n) is 11.1. The molecule has 2 amide bonds. The number of aliphatic hydroxyl groups excluding tert-OH is 1. The number of carbonyl (C=O) groups excluding carboxylic acids is 1. The first-order valence-corrected chi connectivity index (χ1v) is 7.02. The summed E-state index contributed by atoms with van der Waals surface area (Å²) in [6, 6.07) is -0.259. The van der Waals surface area contributed by atoms with E-state index >= 15 is 0 Å². The summed E-state index contributed by atoms with van der Waals surface area (Å²) in [5.74, 6) is -0.942.